The molecule has 0 amide bonds. The highest BCUT2D eigenvalue weighted by Gasteiger charge is 2.30. The van der Waals surface area contributed by atoms with Crippen LogP contribution in [0.4, 0.5) is 5.82 Å². The molecule has 0 aliphatic carbocycles. The summed E-state index contributed by atoms with van der Waals surface area (Å²) in [6.45, 7) is 7.41. The second-order valence-electron chi connectivity index (χ2n) is 4.64. The molecule has 0 bridgehead atoms. The van der Waals surface area contributed by atoms with Crippen LogP contribution in [-0.4, -0.2) is 23.1 Å². The third kappa shape index (κ3) is 1.40. The molecule has 1 aromatic heterocycles. The molecule has 1 N–H and O–H groups in total. The lowest BCUT2D eigenvalue weighted by Gasteiger charge is -2.34. The number of nitrogens with zero attached hydrogens (tertiary/aromatic N) is 3. The number of hydrogen-bond donors (Lipinski definition) is 1. The van der Waals surface area contributed by atoms with Crippen molar-refractivity contribution in [2.45, 2.75) is 39.3 Å². The van der Waals surface area contributed by atoms with Gasteiger partial charge in [0.05, 0.1) is 5.69 Å². The van der Waals surface area contributed by atoms with Crippen molar-refractivity contribution in [2.24, 2.45) is 0 Å². The number of nitrogens with one attached hydrogen (secondary N) is 1. The van der Waals surface area contributed by atoms with Crippen LogP contribution in [0.15, 0.2) is 0 Å². The van der Waals surface area contributed by atoms with Crippen molar-refractivity contribution < 1.29 is 0 Å². The summed E-state index contributed by atoms with van der Waals surface area (Å²) in [4.78, 5) is 11.6. The number of aromatic nitrogens is 2. The molecular formula is C12H18N4. The highest BCUT2D eigenvalue weighted by molar-refractivity contribution is 5.54. The zero-order valence-electron chi connectivity index (χ0n) is 9.95. The zero-order chi connectivity index (χ0) is 11.1. The predicted octanol–water partition coefficient (Wildman–Crippen LogP) is 1.55. The third-order valence-corrected chi connectivity index (χ3v) is 3.54. The predicted molar refractivity (Wildman–Crippen MR) is 63.5 cm³/mol. The lowest BCUT2D eigenvalue weighted by Crippen LogP contribution is -2.39. The topological polar surface area (TPSA) is 41.1 Å². The van der Waals surface area contributed by atoms with Crippen molar-refractivity contribution >= 4 is 5.82 Å². The van der Waals surface area contributed by atoms with Crippen LogP contribution in [0.1, 0.15) is 42.9 Å². The molecule has 4 heteroatoms. The average Bonchev–Trinajstić information content (AvgIpc) is 2.57. The van der Waals surface area contributed by atoms with Crippen molar-refractivity contribution in [3.63, 3.8) is 0 Å². The second-order valence-corrected chi connectivity index (χ2v) is 4.64. The van der Waals surface area contributed by atoms with Crippen molar-refractivity contribution in [1.82, 2.24) is 15.3 Å². The maximum absolute atomic E-state index is 4.64. The van der Waals surface area contributed by atoms with E-state index in [0.29, 0.717) is 6.04 Å². The molecule has 1 fully saturated rings. The van der Waals surface area contributed by atoms with Gasteiger partial charge in [-0.15, -0.1) is 0 Å². The Bertz CT molecular complexity index is 412. The molecule has 1 atom stereocenters. The van der Waals surface area contributed by atoms with Crippen molar-refractivity contribution in [2.75, 3.05) is 18.0 Å². The van der Waals surface area contributed by atoms with Gasteiger partial charge in [-0.3, -0.25) is 0 Å². The van der Waals surface area contributed by atoms with Crippen LogP contribution in [0.2, 0.25) is 0 Å². The van der Waals surface area contributed by atoms with Gasteiger partial charge in [0.1, 0.15) is 11.6 Å². The van der Waals surface area contributed by atoms with Crippen LogP contribution < -0.4 is 10.2 Å². The summed E-state index contributed by atoms with van der Waals surface area (Å²) in [7, 11) is 0. The van der Waals surface area contributed by atoms with Gasteiger partial charge in [0, 0.05) is 31.2 Å². The Hall–Kier alpha value is -1.16. The standard InChI is InChI=1S/C12H18N4/c1-3-9-11-10(7-13-9)14-8(2)15-12(11)16-5-4-6-16/h9,13H,3-7H2,1-2H3. The van der Waals surface area contributed by atoms with Crippen molar-refractivity contribution in [3.05, 3.63) is 17.1 Å². The van der Waals surface area contributed by atoms with Crippen LogP contribution in [0.5, 0.6) is 0 Å². The fourth-order valence-corrected chi connectivity index (χ4v) is 2.55. The van der Waals surface area contributed by atoms with Crippen LogP contribution in [-0.2, 0) is 6.54 Å². The fraction of sp³-hybridized carbons (Fsp3) is 0.667. The Morgan fingerprint density at radius 1 is 1.38 bits per heavy atom. The Balaban J connectivity index is 2.08. The van der Waals surface area contributed by atoms with Gasteiger partial charge in [0.25, 0.3) is 0 Å². The second kappa shape index (κ2) is 3.70. The molecule has 2 aliphatic rings. The summed E-state index contributed by atoms with van der Waals surface area (Å²) in [5.41, 5.74) is 2.56. The molecule has 86 valence electrons. The molecular weight excluding hydrogens is 200 g/mol. The van der Waals surface area contributed by atoms with Crippen LogP contribution in [0, 0.1) is 6.92 Å². The molecule has 0 saturated carbocycles. The van der Waals surface area contributed by atoms with Gasteiger partial charge in [-0.25, -0.2) is 9.97 Å². The summed E-state index contributed by atoms with van der Waals surface area (Å²) in [6.07, 6.45) is 2.41. The quantitative estimate of drug-likeness (QED) is 0.817. The molecule has 16 heavy (non-hydrogen) atoms. The Kier molecular flexibility index (Phi) is 2.32. The Morgan fingerprint density at radius 2 is 2.19 bits per heavy atom. The minimum Gasteiger partial charge on any atom is -0.356 e. The van der Waals surface area contributed by atoms with Gasteiger partial charge < -0.3 is 10.2 Å². The molecule has 4 nitrogen and oxygen atoms in total. The minimum atomic E-state index is 0.450. The van der Waals surface area contributed by atoms with Crippen LogP contribution in [0.3, 0.4) is 0 Å². The first-order valence-electron chi connectivity index (χ1n) is 6.15. The van der Waals surface area contributed by atoms with Crippen molar-refractivity contribution in [1.29, 1.82) is 0 Å². The molecule has 0 radical (unpaired) electrons. The average molecular weight is 218 g/mol. The zero-order valence-corrected chi connectivity index (χ0v) is 9.95. The minimum absolute atomic E-state index is 0.450. The fourth-order valence-electron chi connectivity index (χ4n) is 2.55. The number of rotatable bonds is 2. The molecule has 2 aliphatic heterocycles. The largest absolute Gasteiger partial charge is 0.356 e. The first-order chi connectivity index (χ1) is 7.79. The van der Waals surface area contributed by atoms with E-state index in [1.165, 1.54) is 23.5 Å². The maximum Gasteiger partial charge on any atom is 0.137 e. The number of hydrogen-bond acceptors (Lipinski definition) is 4. The van der Waals surface area contributed by atoms with Crippen LogP contribution in [0.25, 0.3) is 0 Å². The lowest BCUT2D eigenvalue weighted by molar-refractivity contribution is 0.555. The van der Waals surface area contributed by atoms with E-state index < -0.39 is 0 Å². The first-order valence-corrected chi connectivity index (χ1v) is 6.15. The smallest absolute Gasteiger partial charge is 0.137 e. The highest BCUT2D eigenvalue weighted by Crippen LogP contribution is 2.35. The highest BCUT2D eigenvalue weighted by atomic mass is 15.2. The van der Waals surface area contributed by atoms with E-state index in [4.69, 9.17) is 0 Å². The number of fused-ring (bicyclic) bond motifs is 1. The summed E-state index contributed by atoms with van der Waals surface area (Å²) < 4.78 is 0. The summed E-state index contributed by atoms with van der Waals surface area (Å²) >= 11 is 0. The molecule has 1 saturated heterocycles. The van der Waals surface area contributed by atoms with E-state index >= 15 is 0 Å². The number of anilines is 1. The first kappa shape index (κ1) is 10.0. The van der Waals surface area contributed by atoms with Gasteiger partial charge >= 0.3 is 0 Å². The van der Waals surface area contributed by atoms with E-state index in [2.05, 4.69) is 27.1 Å². The Labute approximate surface area is 96.1 Å². The normalized spacial score (nSPS) is 23.1. The third-order valence-electron chi connectivity index (χ3n) is 3.54. The van der Waals surface area contributed by atoms with Gasteiger partial charge in [-0.05, 0) is 19.8 Å². The molecule has 3 rings (SSSR count). The van der Waals surface area contributed by atoms with E-state index in [-0.39, 0.29) is 0 Å². The van der Waals surface area contributed by atoms with E-state index in [0.717, 1.165) is 31.9 Å². The summed E-state index contributed by atoms with van der Waals surface area (Å²) in [6, 6.07) is 0.450. The van der Waals surface area contributed by atoms with Crippen LogP contribution >= 0.6 is 0 Å². The Morgan fingerprint density at radius 3 is 2.81 bits per heavy atom. The van der Waals surface area contributed by atoms with E-state index in [1.54, 1.807) is 0 Å². The number of aryl methyl sites for hydroxylation is 1. The molecule has 0 spiro atoms. The van der Waals surface area contributed by atoms with Gasteiger partial charge in [0.2, 0.25) is 0 Å². The van der Waals surface area contributed by atoms with Crippen molar-refractivity contribution in [3.8, 4) is 0 Å². The maximum atomic E-state index is 4.64. The summed E-state index contributed by atoms with van der Waals surface area (Å²) in [5, 5.41) is 3.51. The molecule has 0 aromatic carbocycles. The van der Waals surface area contributed by atoms with E-state index in [9.17, 15) is 0 Å². The molecule has 1 aromatic rings. The molecule has 3 heterocycles. The van der Waals surface area contributed by atoms with Gasteiger partial charge in [0.15, 0.2) is 0 Å². The monoisotopic (exact) mass is 218 g/mol. The SMILES string of the molecule is CCC1NCc2nc(C)nc(N3CCC3)c21. The van der Waals surface area contributed by atoms with Gasteiger partial charge in [-0.2, -0.15) is 0 Å². The summed E-state index contributed by atoms with van der Waals surface area (Å²) in [5.74, 6) is 2.09. The lowest BCUT2D eigenvalue weighted by atomic mass is 10.0. The van der Waals surface area contributed by atoms with Gasteiger partial charge in [-0.1, -0.05) is 6.92 Å². The van der Waals surface area contributed by atoms with E-state index in [1.807, 2.05) is 6.92 Å². The molecule has 1 unspecified atom stereocenters.